The summed E-state index contributed by atoms with van der Waals surface area (Å²) in [7, 11) is -2.06. The lowest BCUT2D eigenvalue weighted by Gasteiger charge is -2.19. The highest BCUT2D eigenvalue weighted by Gasteiger charge is 2.41. The highest BCUT2D eigenvalue weighted by atomic mass is 28.3. The van der Waals surface area contributed by atoms with E-state index in [1.165, 1.54) is 27.2 Å². The topological polar surface area (TPSA) is 38.7 Å². The second kappa shape index (κ2) is 14.2. The third-order valence-electron chi connectivity index (χ3n) is 11.2. The molecule has 0 saturated heterocycles. The second-order valence-electron chi connectivity index (χ2n) is 15.3. The van der Waals surface area contributed by atoms with Gasteiger partial charge in [0.2, 0.25) is 0 Å². The van der Waals surface area contributed by atoms with Crippen LogP contribution in [0.25, 0.3) is 89.7 Å². The van der Waals surface area contributed by atoms with Gasteiger partial charge in [-0.1, -0.05) is 183 Å². The normalized spacial score (nSPS) is 12.5. The number of hydrogen-bond acceptors (Lipinski definition) is 3. The Balaban J connectivity index is 1.05. The van der Waals surface area contributed by atoms with Gasteiger partial charge in [0.05, 0.1) is 17.1 Å². The van der Waals surface area contributed by atoms with E-state index in [1.807, 2.05) is 12.1 Å². The summed E-state index contributed by atoms with van der Waals surface area (Å²) >= 11 is 0. The van der Waals surface area contributed by atoms with Gasteiger partial charge < -0.3 is 0 Å². The van der Waals surface area contributed by atoms with Crippen LogP contribution in [0.5, 0.6) is 0 Å². The van der Waals surface area contributed by atoms with Crippen LogP contribution < -0.4 is 10.5 Å². The number of aromatic nitrogens is 3. The molecule has 0 fully saturated rings. The number of benzene rings is 7. The minimum Gasteiger partial charge on any atom is -0.248 e. The van der Waals surface area contributed by atoms with Gasteiger partial charge in [-0.3, -0.25) is 0 Å². The molecule has 4 heteroatoms. The largest absolute Gasteiger partial charge is 0.248 e. The van der Waals surface area contributed by atoms with Crippen molar-refractivity contribution in [1.82, 2.24) is 15.0 Å². The SMILES string of the molecule is C[Si]1(C)c2ccccc2-c2c(-c3cccc(-c4cccc(-c5cccc(-c6cc(-c7ccccc7)cc(-c7ccccc7)n6)c5)c4)c3)nc(-c3ccccc3)nc21. The van der Waals surface area contributed by atoms with Crippen LogP contribution in [0.15, 0.2) is 200 Å². The summed E-state index contributed by atoms with van der Waals surface area (Å²) in [5.41, 5.74) is 16.6. The van der Waals surface area contributed by atoms with Crippen LogP contribution in [-0.4, -0.2) is 23.0 Å². The molecular weight excluding hydrogens is 707 g/mol. The summed E-state index contributed by atoms with van der Waals surface area (Å²) in [6, 6.07) is 71.1. The summed E-state index contributed by atoms with van der Waals surface area (Å²) < 4.78 is 0. The van der Waals surface area contributed by atoms with Crippen LogP contribution in [0.2, 0.25) is 13.1 Å². The van der Waals surface area contributed by atoms with Crippen molar-refractivity contribution < 1.29 is 0 Å². The lowest BCUT2D eigenvalue weighted by atomic mass is 9.94. The van der Waals surface area contributed by atoms with E-state index in [0.29, 0.717) is 0 Å². The highest BCUT2D eigenvalue weighted by molar-refractivity contribution is 7.03. The van der Waals surface area contributed by atoms with E-state index in [-0.39, 0.29) is 0 Å². The van der Waals surface area contributed by atoms with Gasteiger partial charge in [0.15, 0.2) is 5.82 Å². The summed E-state index contributed by atoms with van der Waals surface area (Å²) in [5, 5.41) is 2.63. The van der Waals surface area contributed by atoms with Crippen molar-refractivity contribution in [3.63, 3.8) is 0 Å². The fraction of sp³-hybridized carbons (Fsp3) is 0.0377. The lowest BCUT2D eigenvalue weighted by Crippen LogP contribution is -2.50. The minimum atomic E-state index is -2.06. The monoisotopic (exact) mass is 745 g/mol. The van der Waals surface area contributed by atoms with Crippen molar-refractivity contribution >= 4 is 18.6 Å². The molecule has 0 amide bonds. The number of fused-ring (bicyclic) bond motifs is 3. The van der Waals surface area contributed by atoms with Crippen molar-refractivity contribution in [1.29, 1.82) is 0 Å². The molecule has 1 aliphatic rings. The standard InChI is InChI=1S/C53H39N3Si/c1-57(2)49-30-13-12-29-46(49)50-51(55-52(56-53(50)57)38-21-10-5-11-22-38)44-28-16-26-42(33-44)40-24-14-23-39(31-40)41-25-15-27-43(32-41)48-35-45(36-17-6-3-7-18-36)34-47(54-48)37-19-8-4-9-20-37/h3-35H,1-2H3. The van der Waals surface area contributed by atoms with Gasteiger partial charge in [-0.15, -0.1) is 0 Å². The Morgan fingerprint density at radius 2 is 0.789 bits per heavy atom. The zero-order chi connectivity index (χ0) is 38.3. The third-order valence-corrected chi connectivity index (χ3v) is 14.6. The molecule has 0 saturated carbocycles. The minimum absolute atomic E-state index is 0.782. The van der Waals surface area contributed by atoms with E-state index in [2.05, 4.69) is 201 Å². The van der Waals surface area contributed by atoms with E-state index in [9.17, 15) is 0 Å². The van der Waals surface area contributed by atoms with Gasteiger partial charge in [0, 0.05) is 33.1 Å². The Morgan fingerprint density at radius 1 is 0.333 bits per heavy atom. The molecular formula is C53H39N3Si. The number of rotatable bonds is 7. The van der Waals surface area contributed by atoms with Crippen LogP contribution in [0.3, 0.4) is 0 Å². The molecule has 2 aromatic heterocycles. The Hall–Kier alpha value is -7.01. The molecule has 57 heavy (non-hydrogen) atoms. The van der Waals surface area contributed by atoms with Crippen molar-refractivity contribution in [3.05, 3.63) is 200 Å². The third kappa shape index (κ3) is 6.40. The lowest BCUT2D eigenvalue weighted by molar-refractivity contribution is 1.21. The van der Waals surface area contributed by atoms with Crippen molar-refractivity contribution in [3.8, 4) is 89.7 Å². The first-order valence-corrected chi connectivity index (χ1v) is 22.5. The molecule has 10 rings (SSSR count). The molecule has 0 aliphatic carbocycles. The van der Waals surface area contributed by atoms with Gasteiger partial charge in [0.1, 0.15) is 8.07 Å². The Morgan fingerprint density at radius 3 is 1.42 bits per heavy atom. The van der Waals surface area contributed by atoms with Crippen molar-refractivity contribution in [2.24, 2.45) is 0 Å². The number of hydrogen-bond donors (Lipinski definition) is 0. The molecule has 3 nitrogen and oxygen atoms in total. The average molecular weight is 746 g/mol. The van der Waals surface area contributed by atoms with Gasteiger partial charge in [0.25, 0.3) is 0 Å². The molecule has 270 valence electrons. The van der Waals surface area contributed by atoms with E-state index < -0.39 is 8.07 Å². The van der Waals surface area contributed by atoms with E-state index >= 15 is 0 Å². The maximum Gasteiger partial charge on any atom is 0.159 e. The molecule has 7 aromatic carbocycles. The quantitative estimate of drug-likeness (QED) is 0.153. The number of nitrogens with zero attached hydrogens (tertiary/aromatic N) is 3. The molecule has 3 heterocycles. The van der Waals surface area contributed by atoms with Crippen molar-refractivity contribution in [2.45, 2.75) is 13.1 Å². The summed E-state index contributed by atoms with van der Waals surface area (Å²) in [5.74, 6) is 0.782. The van der Waals surface area contributed by atoms with Gasteiger partial charge in [-0.2, -0.15) is 0 Å². The van der Waals surface area contributed by atoms with Crippen LogP contribution in [0.1, 0.15) is 0 Å². The highest BCUT2D eigenvalue weighted by Crippen LogP contribution is 2.38. The Bertz CT molecular complexity index is 2860. The maximum absolute atomic E-state index is 5.34. The van der Waals surface area contributed by atoms with Gasteiger partial charge in [-0.25, -0.2) is 15.0 Å². The Kier molecular flexibility index (Phi) is 8.62. The molecule has 9 aromatic rings. The van der Waals surface area contributed by atoms with Crippen LogP contribution in [-0.2, 0) is 0 Å². The first-order chi connectivity index (χ1) is 28.0. The molecule has 1 aliphatic heterocycles. The molecule has 0 N–H and O–H groups in total. The molecule has 0 spiro atoms. The molecule has 0 unspecified atom stereocenters. The summed E-state index contributed by atoms with van der Waals surface area (Å²) in [6.07, 6.45) is 0. The van der Waals surface area contributed by atoms with Crippen LogP contribution in [0.4, 0.5) is 0 Å². The predicted molar refractivity (Wildman–Crippen MR) is 240 cm³/mol. The van der Waals surface area contributed by atoms with Crippen LogP contribution in [0, 0.1) is 0 Å². The molecule has 0 atom stereocenters. The maximum atomic E-state index is 5.34. The Labute approximate surface area is 335 Å². The predicted octanol–water partition coefficient (Wildman–Crippen LogP) is 12.3. The zero-order valence-corrected chi connectivity index (χ0v) is 32.9. The second-order valence-corrected chi connectivity index (χ2v) is 19.5. The first kappa shape index (κ1) is 34.5. The smallest absolute Gasteiger partial charge is 0.159 e. The van der Waals surface area contributed by atoms with Crippen LogP contribution >= 0.6 is 0 Å². The van der Waals surface area contributed by atoms with Gasteiger partial charge >= 0.3 is 0 Å². The summed E-state index contributed by atoms with van der Waals surface area (Å²) in [6.45, 7) is 4.83. The number of pyridine rings is 1. The fourth-order valence-corrected chi connectivity index (χ4v) is 11.2. The average Bonchev–Trinajstić information content (AvgIpc) is 3.52. The molecule has 0 radical (unpaired) electrons. The van der Waals surface area contributed by atoms with E-state index in [0.717, 1.165) is 73.0 Å². The first-order valence-electron chi connectivity index (χ1n) is 19.5. The van der Waals surface area contributed by atoms with E-state index in [1.54, 1.807) is 0 Å². The zero-order valence-electron chi connectivity index (χ0n) is 31.9. The fourth-order valence-electron chi connectivity index (χ4n) is 8.28. The molecule has 0 bridgehead atoms. The van der Waals surface area contributed by atoms with Gasteiger partial charge in [-0.05, 0) is 74.5 Å². The van der Waals surface area contributed by atoms with E-state index in [4.69, 9.17) is 15.0 Å². The summed E-state index contributed by atoms with van der Waals surface area (Å²) in [4.78, 5) is 15.9. The van der Waals surface area contributed by atoms with Crippen molar-refractivity contribution in [2.75, 3.05) is 0 Å².